The number of carbonyl (C=O) groups is 1. The molecule has 1 heterocycles. The molecule has 0 aliphatic heterocycles. The van der Waals surface area contributed by atoms with Crippen molar-refractivity contribution < 1.29 is 14.3 Å². The molecular formula is C17H19NO3. The van der Waals surface area contributed by atoms with E-state index in [0.717, 1.165) is 19.3 Å². The number of aromatic nitrogens is 1. The molecule has 0 atom stereocenters. The van der Waals surface area contributed by atoms with E-state index in [2.05, 4.69) is 17.1 Å². The van der Waals surface area contributed by atoms with E-state index < -0.39 is 5.97 Å². The van der Waals surface area contributed by atoms with Crippen LogP contribution in [0.15, 0.2) is 48.8 Å². The van der Waals surface area contributed by atoms with Gasteiger partial charge >= 0.3 is 5.97 Å². The van der Waals surface area contributed by atoms with Crippen molar-refractivity contribution in [3.63, 3.8) is 0 Å². The van der Waals surface area contributed by atoms with Crippen molar-refractivity contribution in [3.05, 3.63) is 59.9 Å². The first kappa shape index (κ1) is 15.0. The van der Waals surface area contributed by atoms with E-state index in [4.69, 9.17) is 9.47 Å². The highest BCUT2D eigenvalue weighted by Crippen LogP contribution is 2.17. The highest BCUT2D eigenvalue weighted by molar-refractivity contribution is 5.92. The lowest BCUT2D eigenvalue weighted by Gasteiger charge is -2.09. The summed E-state index contributed by atoms with van der Waals surface area (Å²) >= 11 is 0. The number of nitrogens with zero attached hydrogens (tertiary/aromatic N) is 1. The monoisotopic (exact) mass is 285 g/mol. The van der Waals surface area contributed by atoms with Gasteiger partial charge in [0.1, 0.15) is 5.56 Å². The van der Waals surface area contributed by atoms with Crippen molar-refractivity contribution >= 4 is 5.97 Å². The van der Waals surface area contributed by atoms with E-state index in [1.165, 1.54) is 12.7 Å². The number of hydrogen-bond donors (Lipinski definition) is 0. The number of unbranched alkanes of at least 4 members (excludes halogenated alkanes) is 1. The van der Waals surface area contributed by atoms with Crippen molar-refractivity contribution in [2.45, 2.75) is 19.3 Å². The molecule has 0 aliphatic carbocycles. The summed E-state index contributed by atoms with van der Waals surface area (Å²) in [6.07, 6.45) is 6.08. The van der Waals surface area contributed by atoms with Crippen LogP contribution in [-0.2, 0) is 11.2 Å². The Kier molecular flexibility index (Phi) is 5.76. The van der Waals surface area contributed by atoms with Crippen LogP contribution >= 0.6 is 0 Å². The zero-order valence-corrected chi connectivity index (χ0v) is 12.1. The van der Waals surface area contributed by atoms with Crippen LogP contribution in [0.2, 0.25) is 0 Å². The minimum Gasteiger partial charge on any atom is -0.491 e. The van der Waals surface area contributed by atoms with E-state index in [-0.39, 0.29) is 0 Å². The molecule has 0 N–H and O–H groups in total. The number of hydrogen-bond acceptors (Lipinski definition) is 4. The van der Waals surface area contributed by atoms with E-state index in [9.17, 15) is 4.79 Å². The quantitative estimate of drug-likeness (QED) is 0.578. The second-order valence-electron chi connectivity index (χ2n) is 4.65. The van der Waals surface area contributed by atoms with E-state index in [1.807, 2.05) is 18.2 Å². The van der Waals surface area contributed by atoms with Crippen molar-refractivity contribution in [1.29, 1.82) is 0 Å². The first-order valence-corrected chi connectivity index (χ1v) is 7.00. The van der Waals surface area contributed by atoms with Crippen LogP contribution < -0.4 is 4.74 Å². The zero-order valence-electron chi connectivity index (χ0n) is 12.1. The van der Waals surface area contributed by atoms with Crippen LogP contribution in [0.5, 0.6) is 5.75 Å². The molecule has 4 heteroatoms. The van der Waals surface area contributed by atoms with Crippen molar-refractivity contribution in [1.82, 2.24) is 4.98 Å². The summed E-state index contributed by atoms with van der Waals surface area (Å²) in [5.41, 5.74) is 1.74. The highest BCUT2D eigenvalue weighted by Gasteiger charge is 2.12. The van der Waals surface area contributed by atoms with Gasteiger partial charge in [0.25, 0.3) is 0 Å². The van der Waals surface area contributed by atoms with Gasteiger partial charge in [0.05, 0.1) is 19.9 Å². The minimum absolute atomic E-state index is 0.406. The number of aryl methyl sites for hydroxylation is 1. The maximum atomic E-state index is 11.6. The summed E-state index contributed by atoms with van der Waals surface area (Å²) in [5, 5.41) is 0. The van der Waals surface area contributed by atoms with Gasteiger partial charge in [-0.15, -0.1) is 0 Å². The molecule has 0 saturated carbocycles. The average molecular weight is 285 g/mol. The van der Waals surface area contributed by atoms with Crippen molar-refractivity contribution in [2.75, 3.05) is 13.7 Å². The normalized spacial score (nSPS) is 10.1. The number of esters is 1. The smallest absolute Gasteiger partial charge is 0.341 e. The third kappa shape index (κ3) is 4.60. The fraction of sp³-hybridized carbons (Fsp3) is 0.294. The van der Waals surface area contributed by atoms with Crippen LogP contribution in [0, 0.1) is 0 Å². The molecule has 0 fully saturated rings. The Bertz CT molecular complexity index is 569. The Morgan fingerprint density at radius 3 is 2.71 bits per heavy atom. The Balaban J connectivity index is 1.77. The molecule has 21 heavy (non-hydrogen) atoms. The second kappa shape index (κ2) is 8.04. The third-order valence-electron chi connectivity index (χ3n) is 3.15. The zero-order chi connectivity index (χ0) is 14.9. The van der Waals surface area contributed by atoms with E-state index in [0.29, 0.717) is 17.9 Å². The molecule has 0 saturated heterocycles. The molecule has 1 aromatic carbocycles. The number of benzene rings is 1. The van der Waals surface area contributed by atoms with Gasteiger partial charge in [0, 0.05) is 6.20 Å². The second-order valence-corrected chi connectivity index (χ2v) is 4.65. The largest absolute Gasteiger partial charge is 0.491 e. The molecule has 110 valence electrons. The average Bonchev–Trinajstić information content (AvgIpc) is 2.55. The maximum absolute atomic E-state index is 11.6. The molecule has 0 amide bonds. The fourth-order valence-corrected chi connectivity index (χ4v) is 2.03. The predicted molar refractivity (Wildman–Crippen MR) is 80.5 cm³/mol. The summed E-state index contributed by atoms with van der Waals surface area (Å²) in [4.78, 5) is 15.6. The number of pyridine rings is 1. The van der Waals surface area contributed by atoms with Crippen LogP contribution in [0.4, 0.5) is 0 Å². The van der Waals surface area contributed by atoms with Gasteiger partial charge in [-0.2, -0.15) is 0 Å². The molecule has 0 radical (unpaired) electrons. The van der Waals surface area contributed by atoms with Gasteiger partial charge < -0.3 is 9.47 Å². The predicted octanol–water partition coefficient (Wildman–Crippen LogP) is 3.27. The van der Waals surface area contributed by atoms with Gasteiger partial charge in [0.15, 0.2) is 5.75 Å². The fourth-order valence-electron chi connectivity index (χ4n) is 2.03. The number of ether oxygens (including phenoxy) is 2. The first-order chi connectivity index (χ1) is 10.3. The lowest BCUT2D eigenvalue weighted by atomic mass is 10.1. The summed E-state index contributed by atoms with van der Waals surface area (Å²) in [6, 6.07) is 12.0. The minimum atomic E-state index is -0.406. The molecule has 0 spiro atoms. The lowest BCUT2D eigenvalue weighted by molar-refractivity contribution is 0.0595. The molecule has 2 rings (SSSR count). The topological polar surface area (TPSA) is 48.4 Å². The summed E-state index contributed by atoms with van der Waals surface area (Å²) < 4.78 is 10.4. The first-order valence-electron chi connectivity index (χ1n) is 7.00. The SMILES string of the molecule is COC(=O)c1ccncc1OCCCCc1ccccc1. The van der Waals surface area contributed by atoms with Crippen LogP contribution in [0.3, 0.4) is 0 Å². The molecule has 4 nitrogen and oxygen atoms in total. The Morgan fingerprint density at radius 1 is 1.14 bits per heavy atom. The molecule has 0 bridgehead atoms. The number of carbonyl (C=O) groups excluding carboxylic acids is 1. The Hall–Kier alpha value is -2.36. The molecule has 0 unspecified atom stereocenters. The van der Waals surface area contributed by atoms with Gasteiger partial charge in [-0.1, -0.05) is 30.3 Å². The van der Waals surface area contributed by atoms with Gasteiger partial charge in [-0.3, -0.25) is 4.98 Å². The summed E-state index contributed by atoms with van der Waals surface area (Å²) in [7, 11) is 1.35. The molecule has 0 aliphatic rings. The van der Waals surface area contributed by atoms with Gasteiger partial charge in [0.2, 0.25) is 0 Å². The van der Waals surface area contributed by atoms with Gasteiger partial charge in [-0.05, 0) is 30.9 Å². The molecule has 1 aromatic heterocycles. The number of methoxy groups -OCH3 is 1. The van der Waals surface area contributed by atoms with Crippen molar-refractivity contribution in [2.24, 2.45) is 0 Å². The molecule has 2 aromatic rings. The van der Waals surface area contributed by atoms with Gasteiger partial charge in [-0.25, -0.2) is 4.79 Å². The molecular weight excluding hydrogens is 266 g/mol. The maximum Gasteiger partial charge on any atom is 0.341 e. The third-order valence-corrected chi connectivity index (χ3v) is 3.15. The number of rotatable bonds is 7. The Morgan fingerprint density at radius 2 is 1.95 bits per heavy atom. The van der Waals surface area contributed by atoms with E-state index in [1.54, 1.807) is 18.5 Å². The lowest BCUT2D eigenvalue weighted by Crippen LogP contribution is -2.07. The Labute approximate surface area is 124 Å². The van der Waals surface area contributed by atoms with Crippen LogP contribution in [0.25, 0.3) is 0 Å². The van der Waals surface area contributed by atoms with Crippen molar-refractivity contribution in [3.8, 4) is 5.75 Å². The standard InChI is InChI=1S/C17H19NO3/c1-20-17(19)15-10-11-18-13-16(15)21-12-6-5-9-14-7-3-2-4-8-14/h2-4,7-8,10-11,13H,5-6,9,12H2,1H3. The van der Waals surface area contributed by atoms with Crippen LogP contribution in [-0.4, -0.2) is 24.7 Å². The highest BCUT2D eigenvalue weighted by atomic mass is 16.5. The van der Waals surface area contributed by atoms with Crippen LogP contribution in [0.1, 0.15) is 28.8 Å². The summed E-state index contributed by atoms with van der Waals surface area (Å²) in [6.45, 7) is 0.558. The van der Waals surface area contributed by atoms with E-state index >= 15 is 0 Å². The summed E-state index contributed by atoms with van der Waals surface area (Å²) in [5.74, 6) is 0.0701.